The van der Waals surface area contributed by atoms with Gasteiger partial charge in [0.1, 0.15) is 5.82 Å². The van der Waals surface area contributed by atoms with Crippen LogP contribution in [0.1, 0.15) is 50.3 Å². The lowest BCUT2D eigenvalue weighted by Crippen LogP contribution is -2.17. The predicted molar refractivity (Wildman–Crippen MR) is 77.9 cm³/mol. The van der Waals surface area contributed by atoms with Crippen LogP contribution in [0.25, 0.3) is 0 Å². The number of hydrogen-bond acceptors (Lipinski definition) is 6. The Morgan fingerprint density at radius 2 is 1.85 bits per heavy atom. The van der Waals surface area contributed by atoms with Crippen LogP contribution in [-0.4, -0.2) is 24.5 Å². The summed E-state index contributed by atoms with van der Waals surface area (Å²) in [6.07, 6.45) is 8.05. The summed E-state index contributed by atoms with van der Waals surface area (Å²) < 4.78 is 2.06. The lowest BCUT2D eigenvalue weighted by molar-refractivity contribution is 0.474. The van der Waals surface area contributed by atoms with E-state index in [1.807, 2.05) is 13.1 Å². The van der Waals surface area contributed by atoms with Crippen LogP contribution in [0.4, 0.5) is 11.9 Å². The normalized spacial score (nSPS) is 12.5. The van der Waals surface area contributed by atoms with Crippen molar-refractivity contribution in [2.24, 2.45) is 0 Å². The van der Waals surface area contributed by atoms with Gasteiger partial charge in [-0.25, -0.2) is 4.98 Å². The van der Waals surface area contributed by atoms with Crippen molar-refractivity contribution in [3.63, 3.8) is 0 Å². The fourth-order valence-electron chi connectivity index (χ4n) is 2.27. The van der Waals surface area contributed by atoms with E-state index in [0.29, 0.717) is 5.82 Å². The zero-order valence-corrected chi connectivity index (χ0v) is 12.0. The summed E-state index contributed by atoms with van der Waals surface area (Å²) in [5.41, 5.74) is 11.4. The van der Waals surface area contributed by atoms with Gasteiger partial charge >= 0.3 is 0 Å². The van der Waals surface area contributed by atoms with Gasteiger partial charge in [0, 0.05) is 12.4 Å². The third kappa shape index (κ3) is 3.23. The van der Waals surface area contributed by atoms with Gasteiger partial charge < -0.3 is 16.0 Å². The highest BCUT2D eigenvalue weighted by atomic mass is 15.2. The van der Waals surface area contributed by atoms with Crippen LogP contribution in [0.5, 0.6) is 0 Å². The number of nitrogens with zero attached hydrogens (tertiary/aromatic N) is 5. The van der Waals surface area contributed by atoms with Crippen molar-refractivity contribution >= 4 is 11.9 Å². The van der Waals surface area contributed by atoms with Crippen molar-refractivity contribution in [3.05, 3.63) is 24.0 Å². The van der Waals surface area contributed by atoms with Gasteiger partial charge in [0.25, 0.3) is 0 Å². The summed E-state index contributed by atoms with van der Waals surface area (Å²) in [7, 11) is 0. The molecule has 2 rings (SSSR count). The zero-order valence-electron chi connectivity index (χ0n) is 12.0. The van der Waals surface area contributed by atoms with Crippen LogP contribution in [0.15, 0.2) is 12.4 Å². The van der Waals surface area contributed by atoms with Crippen molar-refractivity contribution in [1.82, 2.24) is 24.5 Å². The molecule has 0 aliphatic rings. The minimum Gasteiger partial charge on any atom is -0.368 e. The van der Waals surface area contributed by atoms with Crippen LogP contribution in [0.2, 0.25) is 0 Å². The van der Waals surface area contributed by atoms with Gasteiger partial charge in [-0.1, -0.05) is 26.2 Å². The van der Waals surface area contributed by atoms with Gasteiger partial charge in [0.05, 0.1) is 6.04 Å². The van der Waals surface area contributed by atoms with Crippen molar-refractivity contribution < 1.29 is 0 Å². The van der Waals surface area contributed by atoms with E-state index in [1.54, 1.807) is 6.20 Å². The Morgan fingerprint density at radius 1 is 1.15 bits per heavy atom. The van der Waals surface area contributed by atoms with Gasteiger partial charge in [-0.15, -0.1) is 0 Å². The molecule has 7 nitrogen and oxygen atoms in total. The molecule has 0 saturated carbocycles. The molecule has 108 valence electrons. The van der Waals surface area contributed by atoms with E-state index in [4.69, 9.17) is 11.5 Å². The Hall–Kier alpha value is -2.18. The Morgan fingerprint density at radius 3 is 2.40 bits per heavy atom. The lowest BCUT2D eigenvalue weighted by atomic mass is 10.1. The number of aromatic nitrogens is 5. The molecule has 0 aliphatic heterocycles. The van der Waals surface area contributed by atoms with E-state index < -0.39 is 0 Å². The molecule has 0 radical (unpaired) electrons. The molecule has 0 aromatic carbocycles. The smallest absolute Gasteiger partial charge is 0.225 e. The minimum atomic E-state index is -0.00310. The number of anilines is 2. The minimum absolute atomic E-state index is 0.00310. The Balaban J connectivity index is 2.32. The fraction of sp³-hybridized carbons (Fsp3) is 0.538. The van der Waals surface area contributed by atoms with Crippen LogP contribution in [0.3, 0.4) is 0 Å². The van der Waals surface area contributed by atoms with Gasteiger partial charge in [-0.2, -0.15) is 15.0 Å². The quantitative estimate of drug-likeness (QED) is 0.777. The zero-order chi connectivity index (χ0) is 14.5. The molecule has 7 heteroatoms. The molecule has 0 saturated heterocycles. The molecule has 1 unspecified atom stereocenters. The highest BCUT2D eigenvalue weighted by molar-refractivity contribution is 5.27. The molecule has 20 heavy (non-hydrogen) atoms. The summed E-state index contributed by atoms with van der Waals surface area (Å²) in [5.74, 6) is 1.84. The summed E-state index contributed by atoms with van der Waals surface area (Å²) in [6.45, 7) is 4.14. The summed E-state index contributed by atoms with van der Waals surface area (Å²) in [5, 5.41) is 0. The van der Waals surface area contributed by atoms with E-state index in [1.165, 1.54) is 6.42 Å². The third-order valence-corrected chi connectivity index (χ3v) is 3.26. The number of unbranched alkanes of at least 4 members (excludes halogenated alkanes) is 2. The molecule has 0 amide bonds. The first-order chi connectivity index (χ1) is 9.61. The average molecular weight is 275 g/mol. The molecular formula is C13H21N7. The monoisotopic (exact) mass is 275 g/mol. The molecule has 0 spiro atoms. The number of nitrogens with two attached hydrogens (primary N) is 2. The van der Waals surface area contributed by atoms with E-state index in [2.05, 4.69) is 31.4 Å². The Labute approximate surface area is 118 Å². The molecule has 0 fully saturated rings. The molecule has 1 atom stereocenters. The highest BCUT2D eigenvalue weighted by Crippen LogP contribution is 2.23. The number of aryl methyl sites for hydroxylation is 1. The Bertz CT molecular complexity index is 543. The highest BCUT2D eigenvalue weighted by Gasteiger charge is 2.19. The van der Waals surface area contributed by atoms with Crippen molar-refractivity contribution in [1.29, 1.82) is 0 Å². The molecule has 2 aromatic rings. The predicted octanol–water partition coefficient (Wildman–Crippen LogP) is 1.71. The topological polar surface area (TPSA) is 109 Å². The number of rotatable bonds is 6. The van der Waals surface area contributed by atoms with Crippen molar-refractivity contribution in [2.45, 2.75) is 45.6 Å². The maximum absolute atomic E-state index is 5.68. The number of imidazole rings is 1. The van der Waals surface area contributed by atoms with Crippen molar-refractivity contribution in [3.8, 4) is 0 Å². The first-order valence-corrected chi connectivity index (χ1v) is 6.88. The second-order valence-corrected chi connectivity index (χ2v) is 4.80. The van der Waals surface area contributed by atoms with Gasteiger partial charge in [-0.05, 0) is 13.3 Å². The molecule has 2 heterocycles. The molecule has 0 aliphatic carbocycles. The number of nitrogen functional groups attached to an aromatic ring is 2. The second-order valence-electron chi connectivity index (χ2n) is 4.80. The van der Waals surface area contributed by atoms with Crippen LogP contribution < -0.4 is 11.5 Å². The fourth-order valence-corrected chi connectivity index (χ4v) is 2.27. The van der Waals surface area contributed by atoms with Crippen LogP contribution in [-0.2, 0) is 0 Å². The first-order valence-electron chi connectivity index (χ1n) is 6.88. The standard InChI is InChI=1S/C13H21N7/c1-3-4-5-6-10(20-8-7-16-9(20)2)11-17-12(14)19-13(15)18-11/h7-8,10H,3-6H2,1-2H3,(H4,14,15,17,18,19). The van der Waals surface area contributed by atoms with E-state index in [-0.39, 0.29) is 17.9 Å². The van der Waals surface area contributed by atoms with Gasteiger partial charge in [-0.3, -0.25) is 0 Å². The average Bonchev–Trinajstić information content (AvgIpc) is 2.80. The molecule has 4 N–H and O–H groups in total. The van der Waals surface area contributed by atoms with Crippen LogP contribution >= 0.6 is 0 Å². The summed E-state index contributed by atoms with van der Waals surface area (Å²) >= 11 is 0. The second kappa shape index (κ2) is 6.31. The van der Waals surface area contributed by atoms with Gasteiger partial charge in [0.2, 0.25) is 11.9 Å². The summed E-state index contributed by atoms with van der Waals surface area (Å²) in [6, 6.07) is -0.00310. The molecule has 2 aromatic heterocycles. The largest absolute Gasteiger partial charge is 0.368 e. The van der Waals surface area contributed by atoms with E-state index >= 15 is 0 Å². The van der Waals surface area contributed by atoms with Crippen molar-refractivity contribution in [2.75, 3.05) is 11.5 Å². The summed E-state index contributed by atoms with van der Waals surface area (Å²) in [4.78, 5) is 16.6. The first kappa shape index (κ1) is 14.2. The van der Waals surface area contributed by atoms with E-state index in [0.717, 1.165) is 25.1 Å². The molecular weight excluding hydrogens is 254 g/mol. The van der Waals surface area contributed by atoms with Crippen LogP contribution in [0, 0.1) is 6.92 Å². The lowest BCUT2D eigenvalue weighted by Gasteiger charge is -2.19. The number of hydrogen-bond donors (Lipinski definition) is 2. The third-order valence-electron chi connectivity index (χ3n) is 3.26. The Kier molecular flexibility index (Phi) is 4.49. The molecule has 0 bridgehead atoms. The maximum Gasteiger partial charge on any atom is 0.225 e. The van der Waals surface area contributed by atoms with Gasteiger partial charge in [0.15, 0.2) is 5.82 Å². The van der Waals surface area contributed by atoms with E-state index in [9.17, 15) is 0 Å². The SMILES string of the molecule is CCCCCC(c1nc(N)nc(N)n1)n1ccnc1C. The maximum atomic E-state index is 5.68.